The van der Waals surface area contributed by atoms with Crippen LogP contribution < -0.4 is 10.0 Å². The topological polar surface area (TPSA) is 105 Å². The molecule has 1 aliphatic heterocycles. The van der Waals surface area contributed by atoms with Crippen LogP contribution in [0.1, 0.15) is 25.5 Å². The summed E-state index contributed by atoms with van der Waals surface area (Å²) in [5, 5.41) is 12.0. The standard InChI is InChI=1S/C15H22N2O5S/c1-10(2)9-23(20,21)17-12-5-3-11(4-6-12)15-13(7-18)16-14(19)8-22-15/h3-6,10,13,15,17-18H,7-9H2,1-2H3,(H,16,19). The Balaban J connectivity index is 2.08. The van der Waals surface area contributed by atoms with Gasteiger partial charge in [0.1, 0.15) is 12.7 Å². The molecule has 3 N–H and O–H groups in total. The highest BCUT2D eigenvalue weighted by Crippen LogP contribution is 2.25. The molecule has 1 heterocycles. The summed E-state index contributed by atoms with van der Waals surface area (Å²) in [6.07, 6.45) is -0.459. The Morgan fingerprint density at radius 3 is 2.57 bits per heavy atom. The van der Waals surface area contributed by atoms with Gasteiger partial charge in [0, 0.05) is 5.69 Å². The van der Waals surface area contributed by atoms with Crippen molar-refractivity contribution in [1.82, 2.24) is 5.32 Å². The van der Waals surface area contributed by atoms with Crippen molar-refractivity contribution in [1.29, 1.82) is 0 Å². The summed E-state index contributed by atoms with van der Waals surface area (Å²) >= 11 is 0. The Hall–Kier alpha value is -1.64. The number of sulfonamides is 1. The molecule has 2 unspecified atom stereocenters. The van der Waals surface area contributed by atoms with Gasteiger partial charge in [0.15, 0.2) is 0 Å². The van der Waals surface area contributed by atoms with E-state index in [0.29, 0.717) is 5.69 Å². The van der Waals surface area contributed by atoms with Gasteiger partial charge < -0.3 is 15.2 Å². The molecule has 1 aliphatic rings. The van der Waals surface area contributed by atoms with Gasteiger partial charge in [0.25, 0.3) is 0 Å². The Kier molecular flexibility index (Phi) is 5.61. The number of carbonyl (C=O) groups excluding carboxylic acids is 1. The summed E-state index contributed by atoms with van der Waals surface area (Å²) < 4.78 is 31.8. The number of rotatable bonds is 6. The number of ether oxygens (including phenoxy) is 1. The molecule has 0 aliphatic carbocycles. The predicted molar refractivity (Wildman–Crippen MR) is 86.4 cm³/mol. The number of morpholine rings is 1. The molecule has 128 valence electrons. The third-order valence-electron chi connectivity index (χ3n) is 3.37. The molecule has 1 fully saturated rings. The molecule has 0 aromatic heterocycles. The van der Waals surface area contributed by atoms with Crippen molar-refractivity contribution in [3.63, 3.8) is 0 Å². The Labute approximate surface area is 136 Å². The highest BCUT2D eigenvalue weighted by atomic mass is 32.2. The molecule has 1 aromatic rings. The lowest BCUT2D eigenvalue weighted by Gasteiger charge is -2.31. The molecule has 7 nitrogen and oxygen atoms in total. The van der Waals surface area contributed by atoms with E-state index in [2.05, 4.69) is 10.0 Å². The first-order valence-electron chi connectivity index (χ1n) is 7.43. The highest BCUT2D eigenvalue weighted by molar-refractivity contribution is 7.92. The monoisotopic (exact) mass is 342 g/mol. The summed E-state index contributed by atoms with van der Waals surface area (Å²) in [7, 11) is -3.37. The van der Waals surface area contributed by atoms with Crippen molar-refractivity contribution < 1.29 is 23.1 Å². The number of amides is 1. The Morgan fingerprint density at radius 2 is 2.00 bits per heavy atom. The molecule has 2 rings (SSSR count). The van der Waals surface area contributed by atoms with E-state index in [9.17, 15) is 18.3 Å². The van der Waals surface area contributed by atoms with Crippen LogP contribution in [-0.2, 0) is 19.6 Å². The van der Waals surface area contributed by atoms with Crippen molar-refractivity contribution in [2.75, 3.05) is 23.7 Å². The lowest BCUT2D eigenvalue weighted by Crippen LogP contribution is -2.49. The van der Waals surface area contributed by atoms with Gasteiger partial charge in [-0.1, -0.05) is 26.0 Å². The summed E-state index contributed by atoms with van der Waals surface area (Å²) in [5.74, 6) is -0.172. The fraction of sp³-hybridized carbons (Fsp3) is 0.533. The molecule has 23 heavy (non-hydrogen) atoms. The minimum atomic E-state index is -3.37. The molecular weight excluding hydrogens is 320 g/mol. The second-order valence-corrected chi connectivity index (χ2v) is 7.75. The van der Waals surface area contributed by atoms with E-state index in [4.69, 9.17) is 4.74 Å². The maximum Gasteiger partial charge on any atom is 0.246 e. The van der Waals surface area contributed by atoms with Gasteiger partial charge in [-0.2, -0.15) is 0 Å². The Morgan fingerprint density at radius 1 is 1.35 bits per heavy atom. The highest BCUT2D eigenvalue weighted by Gasteiger charge is 2.30. The van der Waals surface area contributed by atoms with Crippen molar-refractivity contribution in [3.8, 4) is 0 Å². The summed E-state index contributed by atoms with van der Waals surface area (Å²) in [5.41, 5.74) is 1.23. The maximum absolute atomic E-state index is 11.9. The van der Waals surface area contributed by atoms with Crippen LogP contribution in [0.4, 0.5) is 5.69 Å². The van der Waals surface area contributed by atoms with Gasteiger partial charge in [0.2, 0.25) is 15.9 Å². The van der Waals surface area contributed by atoms with E-state index in [1.807, 2.05) is 13.8 Å². The molecule has 1 aromatic carbocycles. The van der Waals surface area contributed by atoms with Gasteiger partial charge in [-0.25, -0.2) is 8.42 Å². The fourth-order valence-electron chi connectivity index (χ4n) is 2.48. The van der Waals surface area contributed by atoms with Crippen LogP contribution in [0.5, 0.6) is 0 Å². The predicted octanol–water partition coefficient (Wildman–Crippen LogP) is 0.633. The average molecular weight is 342 g/mol. The second-order valence-electron chi connectivity index (χ2n) is 5.99. The largest absolute Gasteiger partial charge is 0.394 e. The van der Waals surface area contributed by atoms with Crippen LogP contribution in [0.25, 0.3) is 0 Å². The summed E-state index contributed by atoms with van der Waals surface area (Å²) in [6, 6.07) is 6.21. The number of benzene rings is 1. The molecule has 0 saturated carbocycles. The molecule has 0 spiro atoms. The van der Waals surface area contributed by atoms with Crippen molar-refractivity contribution in [3.05, 3.63) is 29.8 Å². The van der Waals surface area contributed by atoms with Crippen molar-refractivity contribution in [2.24, 2.45) is 5.92 Å². The van der Waals surface area contributed by atoms with Gasteiger partial charge in [-0.05, 0) is 23.6 Å². The number of aliphatic hydroxyl groups is 1. The minimum Gasteiger partial charge on any atom is -0.394 e. The lowest BCUT2D eigenvalue weighted by molar-refractivity contribution is -0.138. The number of hydrogen-bond acceptors (Lipinski definition) is 5. The fourth-order valence-corrected chi connectivity index (χ4v) is 3.93. The number of anilines is 1. The summed E-state index contributed by atoms with van der Waals surface area (Å²) in [4.78, 5) is 11.3. The van der Waals surface area contributed by atoms with E-state index >= 15 is 0 Å². The Bertz CT molecular complexity index is 642. The average Bonchev–Trinajstić information content (AvgIpc) is 2.46. The number of carbonyl (C=O) groups is 1. The molecule has 0 radical (unpaired) electrons. The number of hydrogen-bond donors (Lipinski definition) is 3. The second kappa shape index (κ2) is 7.29. The number of aliphatic hydroxyl groups excluding tert-OH is 1. The van der Waals surface area contributed by atoms with E-state index < -0.39 is 22.2 Å². The smallest absolute Gasteiger partial charge is 0.246 e. The third-order valence-corrected chi connectivity index (χ3v) is 5.02. The van der Waals surface area contributed by atoms with Crippen LogP contribution in [0.15, 0.2) is 24.3 Å². The quantitative estimate of drug-likeness (QED) is 0.703. The SMILES string of the molecule is CC(C)CS(=O)(=O)Nc1ccc(C2OCC(=O)NC2CO)cc1. The van der Waals surface area contributed by atoms with Gasteiger partial charge >= 0.3 is 0 Å². The number of nitrogens with one attached hydrogen (secondary N) is 2. The van der Waals surface area contributed by atoms with Crippen LogP contribution in [0, 0.1) is 5.92 Å². The van der Waals surface area contributed by atoms with E-state index in [1.165, 1.54) is 0 Å². The lowest BCUT2D eigenvalue weighted by atomic mass is 10.0. The first kappa shape index (κ1) is 17.7. The molecular formula is C15H22N2O5S. The van der Waals surface area contributed by atoms with Crippen molar-refractivity contribution >= 4 is 21.6 Å². The molecule has 1 saturated heterocycles. The van der Waals surface area contributed by atoms with E-state index in [1.54, 1.807) is 24.3 Å². The summed E-state index contributed by atoms with van der Waals surface area (Å²) in [6.45, 7) is 3.38. The molecule has 0 bridgehead atoms. The van der Waals surface area contributed by atoms with Gasteiger partial charge in [0.05, 0.1) is 18.4 Å². The van der Waals surface area contributed by atoms with Gasteiger partial charge in [-0.3, -0.25) is 9.52 Å². The molecule has 8 heteroatoms. The normalized spacial score (nSPS) is 22.0. The van der Waals surface area contributed by atoms with Crippen molar-refractivity contribution in [2.45, 2.75) is 26.0 Å². The zero-order valence-electron chi connectivity index (χ0n) is 13.2. The van der Waals surface area contributed by atoms with E-state index in [-0.39, 0.29) is 30.8 Å². The van der Waals surface area contributed by atoms with Crippen LogP contribution in [0.3, 0.4) is 0 Å². The van der Waals surface area contributed by atoms with E-state index in [0.717, 1.165) is 5.56 Å². The first-order chi connectivity index (χ1) is 10.8. The first-order valence-corrected chi connectivity index (χ1v) is 9.08. The van der Waals surface area contributed by atoms with Crippen LogP contribution in [0.2, 0.25) is 0 Å². The van der Waals surface area contributed by atoms with Crippen LogP contribution in [-0.4, -0.2) is 44.4 Å². The molecule has 1 amide bonds. The van der Waals surface area contributed by atoms with Gasteiger partial charge in [-0.15, -0.1) is 0 Å². The zero-order valence-corrected chi connectivity index (χ0v) is 14.0. The zero-order chi connectivity index (χ0) is 17.0. The van der Waals surface area contributed by atoms with Crippen LogP contribution >= 0.6 is 0 Å². The third kappa shape index (κ3) is 4.92. The molecule has 2 atom stereocenters. The minimum absolute atomic E-state index is 0.0383. The maximum atomic E-state index is 11.9.